The van der Waals surface area contributed by atoms with E-state index in [0.717, 1.165) is 6.20 Å². The Kier molecular flexibility index (Phi) is 9.93. The van der Waals surface area contributed by atoms with Crippen LogP contribution in [0.15, 0.2) is 24.5 Å². The van der Waals surface area contributed by atoms with Crippen molar-refractivity contribution in [3.63, 3.8) is 0 Å². The molecule has 0 fully saturated rings. The van der Waals surface area contributed by atoms with E-state index in [1.807, 2.05) is 6.92 Å². The Labute approximate surface area is 165 Å². The summed E-state index contributed by atoms with van der Waals surface area (Å²) in [6, 6.07) is 2.87. The molecule has 12 heteroatoms. The second-order valence-electron chi connectivity index (χ2n) is 4.73. The predicted octanol–water partition coefficient (Wildman–Crippen LogP) is 3.12. The zero-order chi connectivity index (χ0) is 17.7. The number of amides is 1. The number of aromatic nitrogens is 3. The van der Waals surface area contributed by atoms with Crippen LogP contribution >= 0.6 is 36.4 Å². The minimum Gasteiger partial charge on any atom is -0.351 e. The Morgan fingerprint density at radius 1 is 1.31 bits per heavy atom. The molecule has 0 atom stereocenters. The Morgan fingerprint density at radius 3 is 2.58 bits per heavy atom. The second kappa shape index (κ2) is 10.6. The quantitative estimate of drug-likeness (QED) is 0.685. The van der Waals surface area contributed by atoms with Crippen molar-refractivity contribution in [3.8, 4) is 5.82 Å². The van der Waals surface area contributed by atoms with Crippen molar-refractivity contribution in [1.29, 1.82) is 0 Å². The van der Waals surface area contributed by atoms with Gasteiger partial charge in [-0.3, -0.25) is 4.79 Å². The van der Waals surface area contributed by atoms with Gasteiger partial charge in [-0.1, -0.05) is 18.5 Å². The molecule has 6 nitrogen and oxygen atoms in total. The summed E-state index contributed by atoms with van der Waals surface area (Å²) in [5, 5.41) is 9.01. The van der Waals surface area contributed by atoms with E-state index in [2.05, 4.69) is 20.7 Å². The molecule has 0 aromatic carbocycles. The Balaban J connectivity index is 0.00000312. The Hall–Kier alpha value is -1.55. The van der Waals surface area contributed by atoms with Crippen molar-refractivity contribution >= 4 is 42.3 Å². The predicted molar refractivity (Wildman–Crippen MR) is 96.7 cm³/mol. The average molecular weight is 435 g/mol. The first-order chi connectivity index (χ1) is 11.4. The summed E-state index contributed by atoms with van der Waals surface area (Å²) in [4.78, 5) is 15.9. The van der Waals surface area contributed by atoms with Crippen molar-refractivity contribution in [2.24, 2.45) is 0 Å². The van der Waals surface area contributed by atoms with Crippen molar-refractivity contribution in [2.75, 3.05) is 19.6 Å². The summed E-state index contributed by atoms with van der Waals surface area (Å²) < 4.78 is 40.8. The van der Waals surface area contributed by atoms with Gasteiger partial charge in [0.25, 0.3) is 5.91 Å². The van der Waals surface area contributed by atoms with Gasteiger partial charge in [0.15, 0.2) is 11.5 Å². The number of carbonyl (C=O) groups excluding carboxylic acids is 1. The van der Waals surface area contributed by atoms with E-state index >= 15 is 0 Å². The number of hydrogen-bond donors (Lipinski definition) is 2. The van der Waals surface area contributed by atoms with Gasteiger partial charge in [0.05, 0.1) is 16.8 Å². The largest absolute Gasteiger partial charge is 0.434 e. The van der Waals surface area contributed by atoms with Crippen LogP contribution in [0.2, 0.25) is 5.02 Å². The fraction of sp³-hybridized carbons (Fsp3) is 0.357. The van der Waals surface area contributed by atoms with Gasteiger partial charge in [-0.2, -0.15) is 18.3 Å². The topological polar surface area (TPSA) is 71.8 Å². The molecular weight excluding hydrogens is 418 g/mol. The highest BCUT2D eigenvalue weighted by molar-refractivity contribution is 6.32. The molecule has 2 aromatic heterocycles. The molecule has 146 valence electrons. The van der Waals surface area contributed by atoms with E-state index in [-0.39, 0.29) is 42.2 Å². The lowest BCUT2D eigenvalue weighted by Gasteiger charge is -2.13. The first-order valence-electron chi connectivity index (χ1n) is 7.11. The number of likely N-dealkylation sites (N-methyl/N-ethyl adjacent to an activating group) is 1. The number of halogens is 6. The fourth-order valence-electron chi connectivity index (χ4n) is 2.02. The lowest BCUT2D eigenvalue weighted by Crippen LogP contribution is -2.33. The van der Waals surface area contributed by atoms with Gasteiger partial charge in [0, 0.05) is 19.3 Å². The molecule has 0 aliphatic rings. The minimum atomic E-state index is -4.80. The van der Waals surface area contributed by atoms with Crippen LogP contribution in [0.3, 0.4) is 0 Å². The van der Waals surface area contributed by atoms with Crippen molar-refractivity contribution in [1.82, 2.24) is 25.4 Å². The fourth-order valence-corrected chi connectivity index (χ4v) is 2.22. The van der Waals surface area contributed by atoms with Gasteiger partial charge in [-0.25, -0.2) is 9.67 Å². The average Bonchev–Trinajstić information content (AvgIpc) is 2.97. The first kappa shape index (κ1) is 24.5. The van der Waals surface area contributed by atoms with Crippen LogP contribution in [-0.2, 0) is 6.18 Å². The molecule has 2 rings (SSSR count). The normalized spacial score (nSPS) is 10.7. The maximum absolute atomic E-state index is 13.4. The smallest absolute Gasteiger partial charge is 0.351 e. The molecule has 26 heavy (non-hydrogen) atoms. The third kappa shape index (κ3) is 5.73. The summed E-state index contributed by atoms with van der Waals surface area (Å²) in [6.45, 7) is 3.22. The van der Waals surface area contributed by atoms with E-state index in [1.54, 1.807) is 0 Å². The number of alkyl halides is 3. The van der Waals surface area contributed by atoms with E-state index in [0.29, 0.717) is 17.8 Å². The van der Waals surface area contributed by atoms with Crippen molar-refractivity contribution in [2.45, 2.75) is 13.1 Å². The third-order valence-corrected chi connectivity index (χ3v) is 3.35. The highest BCUT2D eigenvalue weighted by atomic mass is 35.5. The highest BCUT2D eigenvalue weighted by Crippen LogP contribution is 2.34. The van der Waals surface area contributed by atoms with Crippen LogP contribution in [-0.4, -0.2) is 40.3 Å². The summed E-state index contributed by atoms with van der Waals surface area (Å²) in [5.74, 6) is -1.06. The lowest BCUT2D eigenvalue weighted by molar-refractivity contribution is -0.143. The number of hydrogen-bond acceptors (Lipinski definition) is 4. The molecule has 0 spiro atoms. The van der Waals surface area contributed by atoms with Crippen LogP contribution in [0.5, 0.6) is 0 Å². The zero-order valence-corrected chi connectivity index (χ0v) is 15.9. The summed E-state index contributed by atoms with van der Waals surface area (Å²) >= 11 is 5.89. The van der Waals surface area contributed by atoms with E-state index in [1.165, 1.54) is 18.3 Å². The molecule has 0 bridgehead atoms. The van der Waals surface area contributed by atoms with Crippen LogP contribution in [0.25, 0.3) is 5.82 Å². The molecule has 0 saturated carbocycles. The molecule has 0 unspecified atom stereocenters. The van der Waals surface area contributed by atoms with Crippen LogP contribution in [0.4, 0.5) is 13.2 Å². The third-order valence-electron chi connectivity index (χ3n) is 3.06. The molecule has 0 aliphatic heterocycles. The maximum atomic E-state index is 13.4. The second-order valence-corrected chi connectivity index (χ2v) is 5.14. The first-order valence-corrected chi connectivity index (χ1v) is 7.49. The van der Waals surface area contributed by atoms with E-state index in [9.17, 15) is 18.0 Å². The lowest BCUT2D eigenvalue weighted by atomic mass is 10.2. The van der Waals surface area contributed by atoms with Crippen LogP contribution < -0.4 is 10.6 Å². The van der Waals surface area contributed by atoms with Crippen LogP contribution in [0, 0.1) is 0 Å². The summed E-state index contributed by atoms with van der Waals surface area (Å²) in [6.07, 6.45) is -2.65. The number of carbonyl (C=O) groups is 1. The van der Waals surface area contributed by atoms with E-state index in [4.69, 9.17) is 11.6 Å². The van der Waals surface area contributed by atoms with Gasteiger partial charge < -0.3 is 10.6 Å². The Bertz CT molecular complexity index is 724. The standard InChI is InChI=1S/C14H15ClF3N5O.2ClH/c1-2-19-6-7-21-13(24)9-8-22-23(11(9)14(16,17)18)12-10(15)4-3-5-20-12;;/h3-5,8,19H,2,6-7H2,1H3,(H,21,24);2*1H. The zero-order valence-electron chi connectivity index (χ0n) is 13.5. The van der Waals surface area contributed by atoms with Gasteiger partial charge >= 0.3 is 6.18 Å². The van der Waals surface area contributed by atoms with E-state index < -0.39 is 23.3 Å². The molecule has 2 N–H and O–H groups in total. The number of nitrogens with one attached hydrogen (secondary N) is 2. The summed E-state index contributed by atoms with van der Waals surface area (Å²) in [5.41, 5.74) is -1.80. The molecule has 2 aromatic rings. The molecule has 1 amide bonds. The minimum absolute atomic E-state index is 0. The van der Waals surface area contributed by atoms with Crippen molar-refractivity contribution < 1.29 is 18.0 Å². The van der Waals surface area contributed by atoms with Gasteiger partial charge in [-0.05, 0) is 18.7 Å². The van der Waals surface area contributed by atoms with Gasteiger partial charge in [-0.15, -0.1) is 24.8 Å². The summed E-state index contributed by atoms with van der Waals surface area (Å²) in [7, 11) is 0. The van der Waals surface area contributed by atoms with Gasteiger partial charge in [0.1, 0.15) is 0 Å². The highest BCUT2D eigenvalue weighted by Gasteiger charge is 2.41. The molecule has 0 saturated heterocycles. The molecule has 0 aliphatic carbocycles. The SMILES string of the molecule is CCNCCNC(=O)c1cnn(-c2ncccc2Cl)c1C(F)(F)F.Cl.Cl. The monoisotopic (exact) mass is 433 g/mol. The van der Waals surface area contributed by atoms with Crippen LogP contribution in [0.1, 0.15) is 23.0 Å². The molecular formula is C14H17Cl3F3N5O. The maximum Gasteiger partial charge on any atom is 0.434 e. The Morgan fingerprint density at radius 2 is 2.00 bits per heavy atom. The molecule has 0 radical (unpaired) electrons. The number of pyridine rings is 1. The number of nitrogens with zero attached hydrogens (tertiary/aromatic N) is 3. The van der Waals surface area contributed by atoms with Crippen molar-refractivity contribution in [3.05, 3.63) is 40.8 Å². The van der Waals surface area contributed by atoms with Gasteiger partial charge in [0.2, 0.25) is 0 Å². The molecule has 2 heterocycles. The number of rotatable bonds is 6.